The van der Waals surface area contributed by atoms with Crippen LogP contribution in [0, 0.1) is 0 Å². The van der Waals surface area contributed by atoms with Crippen molar-refractivity contribution in [3.8, 4) is 5.75 Å². The van der Waals surface area contributed by atoms with Gasteiger partial charge >= 0.3 is 0 Å². The van der Waals surface area contributed by atoms with Crippen molar-refractivity contribution in [1.29, 1.82) is 0 Å². The maximum Gasteiger partial charge on any atom is 0.133 e. The molecule has 0 fully saturated rings. The Kier molecular flexibility index (Phi) is 4.21. The van der Waals surface area contributed by atoms with Crippen LogP contribution < -0.4 is 4.74 Å². The summed E-state index contributed by atoms with van der Waals surface area (Å²) in [7, 11) is 0. The maximum absolute atomic E-state index is 5.49. The van der Waals surface area contributed by atoms with Gasteiger partial charge in [-0.2, -0.15) is 0 Å². The quantitative estimate of drug-likeness (QED) is 0.809. The van der Waals surface area contributed by atoms with Gasteiger partial charge in [-0.1, -0.05) is 36.4 Å². The average Bonchev–Trinajstić information content (AvgIpc) is 2.34. The van der Waals surface area contributed by atoms with Crippen LogP contribution in [0.3, 0.4) is 0 Å². The highest BCUT2D eigenvalue weighted by Gasteiger charge is 2.02. The first-order chi connectivity index (χ1) is 8.29. The average molecular weight is 291 g/mol. The largest absolute Gasteiger partial charge is 0.493 e. The van der Waals surface area contributed by atoms with E-state index in [-0.39, 0.29) is 0 Å². The fraction of sp³-hybridized carbons (Fsp3) is 0.200. The van der Waals surface area contributed by atoms with Crippen molar-refractivity contribution in [3.63, 3.8) is 0 Å². The fourth-order valence-electron chi connectivity index (χ4n) is 1.76. The first-order valence-corrected chi connectivity index (χ1v) is 6.54. The summed E-state index contributed by atoms with van der Waals surface area (Å²) in [5.41, 5.74) is 2.61. The van der Waals surface area contributed by atoms with E-state index in [0.29, 0.717) is 6.61 Å². The molecular formula is C15H15BrO. The number of hydrogen-bond donors (Lipinski definition) is 0. The van der Waals surface area contributed by atoms with E-state index in [0.717, 1.165) is 16.6 Å². The third kappa shape index (κ3) is 3.34. The summed E-state index contributed by atoms with van der Waals surface area (Å²) < 4.78 is 6.52. The molecule has 2 aromatic rings. The Labute approximate surface area is 111 Å². The van der Waals surface area contributed by atoms with Crippen LogP contribution >= 0.6 is 15.9 Å². The molecule has 0 aliphatic rings. The van der Waals surface area contributed by atoms with Gasteiger partial charge in [-0.15, -0.1) is 0 Å². The molecule has 0 atom stereocenters. The normalized spacial score (nSPS) is 10.2. The molecule has 2 aromatic carbocycles. The van der Waals surface area contributed by atoms with Crippen molar-refractivity contribution in [1.82, 2.24) is 0 Å². The Balaban J connectivity index is 2.15. The van der Waals surface area contributed by atoms with Crippen LogP contribution in [-0.2, 0) is 6.42 Å². The van der Waals surface area contributed by atoms with Gasteiger partial charge in [0.05, 0.1) is 11.1 Å². The number of halogens is 1. The van der Waals surface area contributed by atoms with Gasteiger partial charge in [0.1, 0.15) is 5.75 Å². The van der Waals surface area contributed by atoms with Gasteiger partial charge in [0.2, 0.25) is 0 Å². The highest BCUT2D eigenvalue weighted by molar-refractivity contribution is 9.10. The van der Waals surface area contributed by atoms with Crippen LogP contribution in [0.2, 0.25) is 0 Å². The van der Waals surface area contributed by atoms with E-state index >= 15 is 0 Å². The third-order valence-corrected chi connectivity index (χ3v) is 3.17. The summed E-state index contributed by atoms with van der Waals surface area (Å²) in [6, 6.07) is 16.7. The lowest BCUT2D eigenvalue weighted by atomic mass is 10.1. The van der Waals surface area contributed by atoms with Crippen molar-refractivity contribution in [2.75, 3.05) is 6.61 Å². The van der Waals surface area contributed by atoms with E-state index in [9.17, 15) is 0 Å². The van der Waals surface area contributed by atoms with E-state index < -0.39 is 0 Å². The first kappa shape index (κ1) is 12.2. The van der Waals surface area contributed by atoms with Crippen molar-refractivity contribution < 1.29 is 4.74 Å². The number of hydrogen-bond acceptors (Lipinski definition) is 1. The molecule has 0 saturated carbocycles. The maximum atomic E-state index is 5.49. The lowest BCUT2D eigenvalue weighted by Gasteiger charge is -2.08. The minimum absolute atomic E-state index is 0.691. The molecule has 0 heterocycles. The van der Waals surface area contributed by atoms with Gasteiger partial charge in [0.25, 0.3) is 0 Å². The van der Waals surface area contributed by atoms with Crippen molar-refractivity contribution in [3.05, 3.63) is 64.1 Å². The van der Waals surface area contributed by atoms with Crippen LogP contribution in [0.4, 0.5) is 0 Å². The molecule has 0 aromatic heterocycles. The first-order valence-electron chi connectivity index (χ1n) is 5.74. The second-order valence-electron chi connectivity index (χ2n) is 3.86. The Bertz CT molecular complexity index is 480. The number of benzene rings is 2. The van der Waals surface area contributed by atoms with E-state index in [2.05, 4.69) is 52.3 Å². The molecule has 0 aliphatic carbocycles. The SMILES string of the molecule is CCOc1ccc(Cc2ccccc2)cc1Br. The van der Waals surface area contributed by atoms with Crippen LogP contribution in [0.1, 0.15) is 18.1 Å². The van der Waals surface area contributed by atoms with Gasteiger partial charge in [0, 0.05) is 0 Å². The molecule has 17 heavy (non-hydrogen) atoms. The standard InChI is InChI=1S/C15H15BrO/c1-2-17-15-9-8-13(11-14(15)16)10-12-6-4-3-5-7-12/h3-9,11H,2,10H2,1H3. The summed E-state index contributed by atoms with van der Waals surface area (Å²) in [5.74, 6) is 0.907. The van der Waals surface area contributed by atoms with Crippen molar-refractivity contribution in [2.45, 2.75) is 13.3 Å². The Morgan fingerprint density at radius 2 is 1.76 bits per heavy atom. The lowest BCUT2D eigenvalue weighted by Crippen LogP contribution is -1.94. The van der Waals surface area contributed by atoms with Crippen molar-refractivity contribution >= 4 is 15.9 Å². The van der Waals surface area contributed by atoms with Crippen LogP contribution in [-0.4, -0.2) is 6.61 Å². The Hall–Kier alpha value is -1.28. The molecule has 2 rings (SSSR count). The highest BCUT2D eigenvalue weighted by Crippen LogP contribution is 2.26. The predicted molar refractivity (Wildman–Crippen MR) is 74.6 cm³/mol. The molecule has 0 amide bonds. The van der Waals surface area contributed by atoms with Crippen LogP contribution in [0.15, 0.2) is 53.0 Å². The summed E-state index contributed by atoms with van der Waals surface area (Å²) >= 11 is 3.54. The predicted octanol–water partition coefficient (Wildman–Crippen LogP) is 4.44. The molecule has 1 nitrogen and oxygen atoms in total. The van der Waals surface area contributed by atoms with E-state index in [4.69, 9.17) is 4.74 Å². The Morgan fingerprint density at radius 3 is 2.41 bits per heavy atom. The zero-order chi connectivity index (χ0) is 12.1. The monoisotopic (exact) mass is 290 g/mol. The van der Waals surface area contributed by atoms with Gasteiger partial charge < -0.3 is 4.74 Å². The molecule has 0 saturated heterocycles. The van der Waals surface area contributed by atoms with Crippen LogP contribution in [0.25, 0.3) is 0 Å². The zero-order valence-corrected chi connectivity index (χ0v) is 11.4. The molecule has 88 valence electrons. The number of rotatable bonds is 4. The Morgan fingerprint density at radius 1 is 1.00 bits per heavy atom. The van der Waals surface area contributed by atoms with Crippen molar-refractivity contribution in [2.24, 2.45) is 0 Å². The minimum atomic E-state index is 0.691. The molecule has 0 bridgehead atoms. The summed E-state index contributed by atoms with van der Waals surface area (Å²) in [6.07, 6.45) is 0.950. The molecule has 0 spiro atoms. The van der Waals surface area contributed by atoms with E-state index in [1.54, 1.807) is 0 Å². The zero-order valence-electron chi connectivity index (χ0n) is 9.82. The van der Waals surface area contributed by atoms with Gasteiger partial charge in [0.15, 0.2) is 0 Å². The van der Waals surface area contributed by atoms with E-state index in [1.165, 1.54) is 11.1 Å². The van der Waals surface area contributed by atoms with Gasteiger partial charge in [-0.3, -0.25) is 0 Å². The second-order valence-corrected chi connectivity index (χ2v) is 4.71. The van der Waals surface area contributed by atoms with Gasteiger partial charge in [-0.05, 0) is 52.5 Å². The number of ether oxygens (including phenoxy) is 1. The summed E-state index contributed by atoms with van der Waals surface area (Å²) in [6.45, 7) is 2.68. The molecule has 0 radical (unpaired) electrons. The molecule has 0 aliphatic heterocycles. The second kappa shape index (κ2) is 5.87. The molecule has 0 unspecified atom stereocenters. The third-order valence-electron chi connectivity index (χ3n) is 2.55. The smallest absolute Gasteiger partial charge is 0.133 e. The molecule has 0 N–H and O–H groups in total. The summed E-state index contributed by atoms with van der Waals surface area (Å²) in [5, 5.41) is 0. The van der Waals surface area contributed by atoms with E-state index in [1.807, 2.05) is 19.1 Å². The minimum Gasteiger partial charge on any atom is -0.493 e. The lowest BCUT2D eigenvalue weighted by molar-refractivity contribution is 0.338. The van der Waals surface area contributed by atoms with Gasteiger partial charge in [-0.25, -0.2) is 0 Å². The highest BCUT2D eigenvalue weighted by atomic mass is 79.9. The fourth-order valence-corrected chi connectivity index (χ4v) is 2.30. The van der Waals surface area contributed by atoms with Crippen LogP contribution in [0.5, 0.6) is 5.75 Å². The molecule has 2 heteroatoms. The summed E-state index contributed by atoms with van der Waals surface area (Å²) in [4.78, 5) is 0. The molecular weight excluding hydrogens is 276 g/mol. The topological polar surface area (TPSA) is 9.23 Å².